The van der Waals surface area contributed by atoms with Crippen molar-refractivity contribution in [1.82, 2.24) is 14.5 Å². The Bertz CT molecular complexity index is 3970. The van der Waals surface area contributed by atoms with Crippen LogP contribution in [0.3, 0.4) is 0 Å². The fourth-order valence-corrected chi connectivity index (χ4v) is 16.5. The largest absolute Gasteiger partial charge is 0.278 e. The summed E-state index contributed by atoms with van der Waals surface area (Å²) in [5.74, 6) is 0.632. The number of nitrogens with zero attached hydrogens (tertiary/aromatic N) is 3. The molecule has 0 saturated heterocycles. The smallest absolute Gasteiger partial charge is 0.235 e. The Hall–Kier alpha value is -8.48. The van der Waals surface area contributed by atoms with Gasteiger partial charge in [-0.2, -0.15) is 0 Å². The van der Waals surface area contributed by atoms with Gasteiger partial charge >= 0.3 is 0 Å². The number of hydrogen-bond acceptors (Lipinski definition) is 3. The summed E-state index contributed by atoms with van der Waals surface area (Å²) in [5, 5.41) is 10.1. The zero-order valence-electron chi connectivity index (χ0n) is 37.6. The first-order chi connectivity index (χ1) is 34.2. The molecule has 69 heavy (non-hydrogen) atoms. The quantitative estimate of drug-likeness (QED) is 0.107. The van der Waals surface area contributed by atoms with E-state index in [1.807, 2.05) is 11.3 Å². The van der Waals surface area contributed by atoms with Crippen LogP contribution in [-0.2, 0) is 0 Å². The number of hydrogen-bond donors (Lipinski definition) is 0. The van der Waals surface area contributed by atoms with Gasteiger partial charge in [-0.15, -0.1) is 11.3 Å². The molecular weight excluding hydrogens is 871 g/mol. The van der Waals surface area contributed by atoms with Gasteiger partial charge in [-0.25, -0.2) is 9.97 Å². The van der Waals surface area contributed by atoms with Crippen molar-refractivity contribution >= 4 is 82.1 Å². The molecule has 13 aromatic rings. The number of benzene rings is 10. The van der Waals surface area contributed by atoms with Crippen LogP contribution in [0.15, 0.2) is 261 Å². The third-order valence-corrected chi connectivity index (χ3v) is 19.7. The van der Waals surface area contributed by atoms with Crippen LogP contribution in [0.5, 0.6) is 0 Å². The molecule has 0 radical (unpaired) electrons. The Labute approximate surface area is 405 Å². The van der Waals surface area contributed by atoms with Crippen LogP contribution in [0.25, 0.3) is 92.7 Å². The summed E-state index contributed by atoms with van der Waals surface area (Å²) in [7, 11) is -2.98. The number of fused-ring (bicyclic) bond motifs is 6. The maximum absolute atomic E-state index is 5.62. The highest BCUT2D eigenvalue weighted by atomic mass is 32.1. The normalized spacial score (nSPS) is 11.8. The van der Waals surface area contributed by atoms with Gasteiger partial charge in [0.25, 0.3) is 0 Å². The molecule has 0 aliphatic heterocycles. The van der Waals surface area contributed by atoms with Crippen LogP contribution in [0.4, 0.5) is 0 Å². The van der Waals surface area contributed by atoms with Crippen molar-refractivity contribution in [2.45, 2.75) is 0 Å². The van der Waals surface area contributed by atoms with E-state index >= 15 is 0 Å². The van der Waals surface area contributed by atoms with Gasteiger partial charge in [0, 0.05) is 42.1 Å². The average Bonchev–Trinajstić information content (AvgIpc) is 3.97. The molecule has 3 aromatic heterocycles. The first-order valence-corrected chi connectivity index (χ1v) is 26.3. The Kier molecular flexibility index (Phi) is 10.0. The van der Waals surface area contributed by atoms with Gasteiger partial charge in [0.05, 0.1) is 22.4 Å². The summed E-state index contributed by atoms with van der Waals surface area (Å²) in [6.45, 7) is 0. The molecule has 0 aliphatic carbocycles. The molecule has 3 nitrogen and oxygen atoms in total. The summed E-state index contributed by atoms with van der Waals surface area (Å²) in [4.78, 5) is 11.2. The van der Waals surface area contributed by atoms with Gasteiger partial charge < -0.3 is 0 Å². The summed E-state index contributed by atoms with van der Waals surface area (Å²) in [5.41, 5.74) is 10.7. The molecule has 324 valence electrons. The van der Waals surface area contributed by atoms with Crippen molar-refractivity contribution in [2.75, 3.05) is 0 Å². The summed E-state index contributed by atoms with van der Waals surface area (Å²) < 4.78 is 4.80. The fraction of sp³-hybridized carbons (Fsp3) is 0. The van der Waals surface area contributed by atoms with E-state index in [2.05, 4.69) is 265 Å². The Morgan fingerprint density at radius 1 is 0.290 bits per heavy atom. The molecule has 5 heteroatoms. The van der Waals surface area contributed by atoms with E-state index in [4.69, 9.17) is 9.97 Å². The van der Waals surface area contributed by atoms with Crippen LogP contribution >= 0.6 is 11.3 Å². The summed E-state index contributed by atoms with van der Waals surface area (Å²) >= 11 is 1.83. The molecule has 13 rings (SSSR count). The zero-order valence-corrected chi connectivity index (χ0v) is 39.4. The minimum absolute atomic E-state index is 0.632. The number of rotatable bonds is 9. The van der Waals surface area contributed by atoms with Crippen LogP contribution in [-0.4, -0.2) is 22.6 Å². The highest BCUT2D eigenvalue weighted by Gasteiger charge is 2.42. The highest BCUT2D eigenvalue weighted by molar-refractivity contribution is 7.25. The maximum Gasteiger partial charge on any atom is 0.235 e. The average molecular weight is 914 g/mol. The van der Waals surface area contributed by atoms with Crippen LogP contribution in [0.2, 0.25) is 0 Å². The molecule has 10 aromatic carbocycles. The molecule has 0 atom stereocenters. The second kappa shape index (κ2) is 17.0. The topological polar surface area (TPSA) is 30.7 Å². The summed E-state index contributed by atoms with van der Waals surface area (Å²) in [6, 6.07) is 95.3. The molecule has 3 heterocycles. The van der Waals surface area contributed by atoms with Gasteiger partial charge in [-0.3, -0.25) is 4.57 Å². The van der Waals surface area contributed by atoms with E-state index in [1.165, 1.54) is 63.2 Å². The molecule has 0 aliphatic rings. The van der Waals surface area contributed by atoms with Gasteiger partial charge in [0.1, 0.15) is 0 Å². The van der Waals surface area contributed by atoms with Crippen molar-refractivity contribution in [2.24, 2.45) is 0 Å². The molecule has 0 N–H and O–H groups in total. The highest BCUT2D eigenvalue weighted by Crippen LogP contribution is 2.38. The SMILES string of the molecule is c1ccc(-c2cccc([Si](c3ccccc3)(c3ccccc3)c3cccc(-c4cc(-c5ccc6sc7ccccc7c6c5)nc(-n5c6ccccc6c6cc(-c7ccccc7)ccc65)n4)c3)c2)cc1. The van der Waals surface area contributed by atoms with E-state index in [-0.39, 0.29) is 0 Å². The lowest BCUT2D eigenvalue weighted by Gasteiger charge is -2.35. The molecule has 0 unspecified atom stereocenters. The Morgan fingerprint density at radius 3 is 1.41 bits per heavy atom. The zero-order chi connectivity index (χ0) is 45.7. The van der Waals surface area contributed by atoms with Gasteiger partial charge in [-0.05, 0) is 85.5 Å². The first kappa shape index (κ1) is 40.8. The van der Waals surface area contributed by atoms with E-state index in [0.29, 0.717) is 5.95 Å². The minimum Gasteiger partial charge on any atom is -0.278 e. The first-order valence-electron chi connectivity index (χ1n) is 23.5. The predicted octanol–water partition coefficient (Wildman–Crippen LogP) is 14.0. The maximum atomic E-state index is 5.62. The number of aromatic nitrogens is 3. The van der Waals surface area contributed by atoms with E-state index in [0.717, 1.165) is 44.3 Å². The van der Waals surface area contributed by atoms with Crippen molar-refractivity contribution < 1.29 is 0 Å². The minimum atomic E-state index is -2.98. The lowest BCUT2D eigenvalue weighted by Crippen LogP contribution is -2.74. The molecule has 0 bridgehead atoms. The molecule has 0 fully saturated rings. The van der Waals surface area contributed by atoms with E-state index < -0.39 is 8.07 Å². The van der Waals surface area contributed by atoms with E-state index in [9.17, 15) is 0 Å². The van der Waals surface area contributed by atoms with Crippen molar-refractivity contribution in [3.8, 4) is 50.7 Å². The van der Waals surface area contributed by atoms with Crippen LogP contribution in [0.1, 0.15) is 0 Å². The van der Waals surface area contributed by atoms with Gasteiger partial charge in [0.15, 0.2) is 8.07 Å². The molecular formula is C64H43N3SSi. The third-order valence-electron chi connectivity index (χ3n) is 13.8. The van der Waals surface area contributed by atoms with Crippen molar-refractivity contribution in [3.05, 3.63) is 261 Å². The lowest BCUT2D eigenvalue weighted by atomic mass is 10.0. The van der Waals surface area contributed by atoms with Gasteiger partial charge in [-0.1, -0.05) is 218 Å². The summed E-state index contributed by atoms with van der Waals surface area (Å²) in [6.07, 6.45) is 0. The fourth-order valence-electron chi connectivity index (χ4n) is 10.6. The standard InChI is InChI=1S/C64H43N3SSi/c1-5-19-44(20-6-1)46-23-17-29-52(39-46)69(50-25-9-3-10-26-50,51-27-11-4-12-28-51)53-30-18-24-48(40-53)58-43-59(49-36-38-63-57(42-49)55-32-14-16-34-62(55)68-63)66-64(65-58)67-60-33-15-13-31-54(60)56-41-47(35-37-61(56)67)45-21-7-2-8-22-45/h1-43H. The van der Waals surface area contributed by atoms with Crippen molar-refractivity contribution in [3.63, 3.8) is 0 Å². The molecule has 0 spiro atoms. The monoisotopic (exact) mass is 913 g/mol. The van der Waals surface area contributed by atoms with Crippen LogP contribution in [0, 0.1) is 0 Å². The number of para-hydroxylation sites is 1. The third kappa shape index (κ3) is 7.02. The number of thiophene rings is 1. The van der Waals surface area contributed by atoms with Crippen LogP contribution < -0.4 is 20.7 Å². The molecule has 0 saturated carbocycles. The Morgan fingerprint density at radius 2 is 0.739 bits per heavy atom. The molecule has 0 amide bonds. The van der Waals surface area contributed by atoms with E-state index in [1.54, 1.807) is 0 Å². The van der Waals surface area contributed by atoms with Crippen molar-refractivity contribution in [1.29, 1.82) is 0 Å². The lowest BCUT2D eigenvalue weighted by molar-refractivity contribution is 0.996. The Balaban J connectivity index is 1.06. The van der Waals surface area contributed by atoms with Gasteiger partial charge in [0.2, 0.25) is 5.95 Å². The predicted molar refractivity (Wildman–Crippen MR) is 295 cm³/mol. The second-order valence-corrected chi connectivity index (χ2v) is 22.6. The second-order valence-electron chi connectivity index (χ2n) is 17.7.